The van der Waals surface area contributed by atoms with E-state index in [1.165, 1.54) is 18.2 Å². The average molecular weight is 303 g/mol. The average Bonchev–Trinajstić information content (AvgIpc) is 2.49. The number of carboxylic acid groups (broad SMARTS) is 1. The summed E-state index contributed by atoms with van der Waals surface area (Å²) in [5.74, 6) is -0.864. The van der Waals surface area contributed by atoms with Crippen LogP contribution in [0.5, 0.6) is 0 Å². The van der Waals surface area contributed by atoms with Crippen LogP contribution in [0.3, 0.4) is 0 Å². The van der Waals surface area contributed by atoms with Crippen molar-refractivity contribution in [3.05, 3.63) is 64.7 Å². The van der Waals surface area contributed by atoms with Crippen molar-refractivity contribution in [2.75, 3.05) is 5.43 Å². The summed E-state index contributed by atoms with van der Waals surface area (Å²) in [5, 5.41) is 13.5. The lowest BCUT2D eigenvalue weighted by Crippen LogP contribution is -2.00. The molecular weight excluding hydrogens is 288 g/mol. The fourth-order valence-electron chi connectivity index (χ4n) is 1.81. The number of aromatic carboxylic acids is 1. The quantitative estimate of drug-likeness (QED) is 0.641. The first kappa shape index (κ1) is 15.1. The molecule has 0 aromatic heterocycles. The van der Waals surface area contributed by atoms with Crippen LogP contribution < -0.4 is 5.43 Å². The standard InChI is InChI=1S/C16H15ClN2O2/c1-11(12-5-3-2-4-6-12)10-18-19-15-9-13(16(20)21)7-8-14(15)17/h2-11,19H,1H3,(H,20,21)/b18-10-/t11-/m1/s1. The van der Waals surface area contributed by atoms with Gasteiger partial charge in [0.1, 0.15) is 0 Å². The number of hydrogen-bond donors (Lipinski definition) is 2. The van der Waals surface area contributed by atoms with E-state index in [4.69, 9.17) is 16.7 Å². The highest BCUT2D eigenvalue weighted by atomic mass is 35.5. The normalized spacial score (nSPS) is 12.3. The summed E-state index contributed by atoms with van der Waals surface area (Å²) >= 11 is 6.00. The van der Waals surface area contributed by atoms with E-state index in [1.807, 2.05) is 37.3 Å². The molecule has 0 unspecified atom stereocenters. The van der Waals surface area contributed by atoms with Gasteiger partial charge in [-0.25, -0.2) is 4.79 Å². The maximum Gasteiger partial charge on any atom is 0.335 e. The molecule has 1 atom stereocenters. The van der Waals surface area contributed by atoms with E-state index < -0.39 is 5.97 Å². The van der Waals surface area contributed by atoms with Crippen LogP contribution in [-0.4, -0.2) is 17.3 Å². The number of hydrogen-bond acceptors (Lipinski definition) is 3. The molecule has 21 heavy (non-hydrogen) atoms. The van der Waals surface area contributed by atoms with E-state index >= 15 is 0 Å². The maximum atomic E-state index is 10.9. The smallest absolute Gasteiger partial charge is 0.335 e. The maximum absolute atomic E-state index is 10.9. The van der Waals surface area contributed by atoms with Crippen LogP contribution in [0, 0.1) is 0 Å². The summed E-state index contributed by atoms with van der Waals surface area (Å²) in [7, 11) is 0. The Bertz CT molecular complexity index is 657. The van der Waals surface area contributed by atoms with Gasteiger partial charge in [-0.3, -0.25) is 5.43 Å². The van der Waals surface area contributed by atoms with Crippen LogP contribution in [0.4, 0.5) is 5.69 Å². The van der Waals surface area contributed by atoms with Gasteiger partial charge in [-0.05, 0) is 23.8 Å². The number of nitrogens with one attached hydrogen (secondary N) is 1. The van der Waals surface area contributed by atoms with Crippen LogP contribution in [0.2, 0.25) is 5.02 Å². The fraction of sp³-hybridized carbons (Fsp3) is 0.125. The van der Waals surface area contributed by atoms with Crippen molar-refractivity contribution in [1.29, 1.82) is 0 Å². The molecule has 2 rings (SSSR count). The molecule has 0 saturated carbocycles. The second kappa shape index (κ2) is 6.90. The highest BCUT2D eigenvalue weighted by Gasteiger charge is 2.07. The minimum Gasteiger partial charge on any atom is -0.478 e. The van der Waals surface area contributed by atoms with E-state index in [0.29, 0.717) is 10.7 Å². The van der Waals surface area contributed by atoms with E-state index in [0.717, 1.165) is 5.56 Å². The minimum absolute atomic E-state index is 0.139. The van der Waals surface area contributed by atoms with Gasteiger partial charge in [0, 0.05) is 12.1 Å². The number of nitrogens with zero attached hydrogens (tertiary/aromatic N) is 1. The topological polar surface area (TPSA) is 61.7 Å². The molecule has 108 valence electrons. The van der Waals surface area contributed by atoms with Crippen molar-refractivity contribution in [2.45, 2.75) is 12.8 Å². The van der Waals surface area contributed by atoms with Crippen LogP contribution in [-0.2, 0) is 0 Å². The van der Waals surface area contributed by atoms with E-state index in [-0.39, 0.29) is 11.5 Å². The van der Waals surface area contributed by atoms with Gasteiger partial charge in [-0.15, -0.1) is 0 Å². The van der Waals surface area contributed by atoms with Crippen LogP contribution >= 0.6 is 11.6 Å². The Morgan fingerprint density at radius 2 is 2.00 bits per heavy atom. The van der Waals surface area contributed by atoms with Gasteiger partial charge in [0.2, 0.25) is 0 Å². The molecule has 5 heteroatoms. The van der Waals surface area contributed by atoms with Crippen LogP contribution in [0.15, 0.2) is 53.6 Å². The molecule has 2 N–H and O–H groups in total. The third-order valence-corrected chi connectivity index (χ3v) is 3.35. The van der Waals surface area contributed by atoms with E-state index in [2.05, 4.69) is 10.5 Å². The summed E-state index contributed by atoms with van der Waals surface area (Å²) in [6, 6.07) is 14.4. The molecular formula is C16H15ClN2O2. The lowest BCUT2D eigenvalue weighted by molar-refractivity contribution is 0.0697. The molecule has 2 aromatic rings. The predicted molar refractivity (Wildman–Crippen MR) is 85.4 cm³/mol. The fourth-order valence-corrected chi connectivity index (χ4v) is 1.97. The third-order valence-electron chi connectivity index (χ3n) is 3.02. The second-order valence-electron chi connectivity index (χ2n) is 4.59. The van der Waals surface area contributed by atoms with Gasteiger partial charge < -0.3 is 5.11 Å². The van der Waals surface area contributed by atoms with Gasteiger partial charge in [-0.2, -0.15) is 5.10 Å². The zero-order valence-electron chi connectivity index (χ0n) is 11.5. The van der Waals surface area contributed by atoms with Gasteiger partial charge >= 0.3 is 5.97 Å². The number of benzene rings is 2. The molecule has 0 bridgehead atoms. The molecule has 0 fully saturated rings. The van der Waals surface area contributed by atoms with Crippen LogP contribution in [0.1, 0.15) is 28.8 Å². The van der Waals surface area contributed by atoms with Crippen molar-refractivity contribution >= 4 is 29.5 Å². The largest absolute Gasteiger partial charge is 0.478 e. The molecule has 0 aliphatic carbocycles. The number of anilines is 1. The number of rotatable bonds is 5. The Hall–Kier alpha value is -2.33. The zero-order valence-corrected chi connectivity index (χ0v) is 12.2. The summed E-state index contributed by atoms with van der Waals surface area (Å²) in [4.78, 5) is 10.9. The summed E-state index contributed by atoms with van der Waals surface area (Å²) in [6.45, 7) is 2.02. The Morgan fingerprint density at radius 1 is 1.29 bits per heavy atom. The first-order valence-electron chi connectivity index (χ1n) is 6.45. The van der Waals surface area contributed by atoms with Crippen molar-refractivity contribution in [1.82, 2.24) is 0 Å². The van der Waals surface area contributed by atoms with Gasteiger partial charge in [0.25, 0.3) is 0 Å². The van der Waals surface area contributed by atoms with E-state index in [1.54, 1.807) is 6.21 Å². The van der Waals surface area contributed by atoms with Gasteiger partial charge in [0.05, 0.1) is 16.3 Å². The minimum atomic E-state index is -1.00. The molecule has 0 heterocycles. The van der Waals surface area contributed by atoms with Gasteiger partial charge in [0.15, 0.2) is 0 Å². The summed E-state index contributed by atoms with van der Waals surface area (Å²) in [6.07, 6.45) is 1.75. The van der Waals surface area contributed by atoms with Crippen LogP contribution in [0.25, 0.3) is 0 Å². The molecule has 0 aliphatic heterocycles. The summed E-state index contributed by atoms with van der Waals surface area (Å²) < 4.78 is 0. The van der Waals surface area contributed by atoms with Crippen molar-refractivity contribution in [3.8, 4) is 0 Å². The van der Waals surface area contributed by atoms with Crippen molar-refractivity contribution < 1.29 is 9.90 Å². The Labute approximate surface area is 128 Å². The Morgan fingerprint density at radius 3 is 2.67 bits per heavy atom. The summed E-state index contributed by atoms with van der Waals surface area (Å²) in [5.41, 5.74) is 4.56. The van der Waals surface area contributed by atoms with Crippen molar-refractivity contribution in [2.24, 2.45) is 5.10 Å². The molecule has 0 amide bonds. The number of carboxylic acids is 1. The first-order valence-corrected chi connectivity index (χ1v) is 6.82. The monoisotopic (exact) mass is 302 g/mol. The Balaban J connectivity index is 2.07. The highest BCUT2D eigenvalue weighted by Crippen LogP contribution is 2.23. The SMILES string of the molecule is C[C@H](/C=N\Nc1cc(C(=O)O)ccc1Cl)c1ccccc1. The highest BCUT2D eigenvalue weighted by molar-refractivity contribution is 6.33. The zero-order chi connectivity index (χ0) is 15.2. The molecule has 0 saturated heterocycles. The predicted octanol–water partition coefficient (Wildman–Crippen LogP) is 4.24. The van der Waals surface area contributed by atoms with E-state index in [9.17, 15) is 4.79 Å². The molecule has 4 nitrogen and oxygen atoms in total. The lowest BCUT2D eigenvalue weighted by atomic mass is 10.0. The molecule has 2 aromatic carbocycles. The number of halogens is 1. The van der Waals surface area contributed by atoms with Gasteiger partial charge in [-0.1, -0.05) is 48.9 Å². The third kappa shape index (κ3) is 4.07. The molecule has 0 aliphatic rings. The second-order valence-corrected chi connectivity index (χ2v) is 5.00. The Kier molecular flexibility index (Phi) is 4.95. The molecule has 0 radical (unpaired) electrons. The lowest BCUT2D eigenvalue weighted by Gasteiger charge is -2.07. The molecule has 0 spiro atoms. The number of hydrazone groups is 1. The van der Waals surface area contributed by atoms with Crippen molar-refractivity contribution in [3.63, 3.8) is 0 Å². The first-order chi connectivity index (χ1) is 10.1. The number of carbonyl (C=O) groups is 1.